The Balaban J connectivity index is 2.56. The van der Waals surface area contributed by atoms with Gasteiger partial charge in [-0.15, -0.1) is 0 Å². The second kappa shape index (κ2) is 8.07. The Morgan fingerprint density at radius 2 is 1.86 bits per heavy atom. The van der Waals surface area contributed by atoms with Gasteiger partial charge in [-0.3, -0.25) is 0 Å². The molecule has 1 atom stereocenters. The average molecular weight is 334 g/mol. The number of hydrogen-bond donors (Lipinski definition) is 2. The number of benzene rings is 1. The van der Waals surface area contributed by atoms with E-state index in [1.807, 2.05) is 13.8 Å². The predicted octanol–water partition coefficient (Wildman–Crippen LogP) is 4.03. The van der Waals surface area contributed by atoms with Crippen molar-refractivity contribution >= 4 is 29.8 Å². The summed E-state index contributed by atoms with van der Waals surface area (Å²) in [6.07, 6.45) is 1.17. The molecule has 1 aromatic rings. The van der Waals surface area contributed by atoms with Gasteiger partial charge in [-0.05, 0) is 48.4 Å². The number of hydrogen-bond acceptors (Lipinski definition) is 3. The maximum absolute atomic E-state index is 12.2. The van der Waals surface area contributed by atoms with Gasteiger partial charge in [0.15, 0.2) is 0 Å². The van der Waals surface area contributed by atoms with Gasteiger partial charge in [-0.1, -0.05) is 13.8 Å². The Bertz CT molecular complexity index is 504. The fourth-order valence-electron chi connectivity index (χ4n) is 1.73. The highest BCUT2D eigenvalue weighted by Gasteiger charge is 2.29. The minimum atomic E-state index is -4.35. The molecular formula is C14H17F3N2O2S. The van der Waals surface area contributed by atoms with E-state index in [-0.39, 0.29) is 22.6 Å². The highest BCUT2D eigenvalue weighted by atomic mass is 32.2. The zero-order chi connectivity index (χ0) is 16.8. The molecule has 0 spiro atoms. The molecule has 1 rings (SSSR count). The Labute approximate surface area is 130 Å². The molecular weight excluding hydrogens is 317 g/mol. The van der Waals surface area contributed by atoms with E-state index in [2.05, 4.69) is 10.6 Å². The van der Waals surface area contributed by atoms with Gasteiger partial charge in [0.25, 0.3) is 0 Å². The monoisotopic (exact) mass is 334 g/mol. The van der Waals surface area contributed by atoms with Crippen molar-refractivity contribution < 1.29 is 22.8 Å². The number of halogens is 3. The largest absolute Gasteiger partial charge is 0.446 e. The highest BCUT2D eigenvalue weighted by molar-refractivity contribution is 8.00. The number of anilines is 1. The van der Waals surface area contributed by atoms with Gasteiger partial charge >= 0.3 is 11.5 Å². The topological polar surface area (TPSA) is 58.2 Å². The minimum absolute atomic E-state index is 0.0315. The first-order chi connectivity index (χ1) is 10.2. The van der Waals surface area contributed by atoms with E-state index in [1.165, 1.54) is 24.3 Å². The lowest BCUT2D eigenvalue weighted by Gasteiger charge is -2.15. The van der Waals surface area contributed by atoms with E-state index in [1.54, 1.807) is 0 Å². The third-order valence-electron chi connectivity index (χ3n) is 2.55. The van der Waals surface area contributed by atoms with E-state index in [0.717, 1.165) is 0 Å². The van der Waals surface area contributed by atoms with Crippen LogP contribution >= 0.6 is 11.8 Å². The van der Waals surface area contributed by atoms with Crippen molar-refractivity contribution in [1.82, 2.24) is 5.32 Å². The molecule has 1 aromatic carbocycles. The lowest BCUT2D eigenvalue weighted by Crippen LogP contribution is -2.39. The predicted molar refractivity (Wildman–Crippen MR) is 79.8 cm³/mol. The van der Waals surface area contributed by atoms with Crippen LogP contribution in [0.1, 0.15) is 20.3 Å². The molecule has 0 aromatic heterocycles. The first-order valence-corrected chi connectivity index (χ1v) is 7.40. The highest BCUT2D eigenvalue weighted by Crippen LogP contribution is 2.36. The summed E-state index contributed by atoms with van der Waals surface area (Å²) in [5.74, 6) is 0.245. The van der Waals surface area contributed by atoms with Gasteiger partial charge in [-0.2, -0.15) is 13.2 Å². The number of carbonyl (C=O) groups excluding carboxylic acids is 2. The molecule has 8 heteroatoms. The molecule has 0 aliphatic heterocycles. The first kappa shape index (κ1) is 18.3. The van der Waals surface area contributed by atoms with Crippen molar-refractivity contribution in [3.63, 3.8) is 0 Å². The fraction of sp³-hybridized carbons (Fsp3) is 0.429. The van der Waals surface area contributed by atoms with Gasteiger partial charge in [0.1, 0.15) is 6.29 Å². The summed E-state index contributed by atoms with van der Waals surface area (Å²) in [6.45, 7) is 3.85. The van der Waals surface area contributed by atoms with Crippen LogP contribution in [0.5, 0.6) is 0 Å². The van der Waals surface area contributed by atoms with Gasteiger partial charge in [0.2, 0.25) is 0 Å². The first-order valence-electron chi connectivity index (χ1n) is 6.58. The van der Waals surface area contributed by atoms with Crippen LogP contribution in [0.15, 0.2) is 29.2 Å². The van der Waals surface area contributed by atoms with Crippen LogP contribution in [0.4, 0.5) is 23.7 Å². The van der Waals surface area contributed by atoms with Crippen LogP contribution in [0, 0.1) is 5.92 Å². The maximum atomic E-state index is 12.2. The van der Waals surface area contributed by atoms with E-state index >= 15 is 0 Å². The number of rotatable bonds is 6. The molecule has 0 aliphatic carbocycles. The van der Waals surface area contributed by atoms with Crippen molar-refractivity contribution in [3.05, 3.63) is 24.3 Å². The van der Waals surface area contributed by atoms with E-state index in [0.29, 0.717) is 18.4 Å². The van der Waals surface area contributed by atoms with Crippen molar-refractivity contribution in [3.8, 4) is 0 Å². The molecule has 2 N–H and O–H groups in total. The second-order valence-electron chi connectivity index (χ2n) is 5.04. The van der Waals surface area contributed by atoms with E-state index in [4.69, 9.17) is 0 Å². The molecule has 0 heterocycles. The third-order valence-corrected chi connectivity index (χ3v) is 3.29. The van der Waals surface area contributed by atoms with Crippen molar-refractivity contribution in [2.24, 2.45) is 5.92 Å². The molecule has 122 valence electrons. The summed E-state index contributed by atoms with van der Waals surface area (Å²) >= 11 is -0.225. The van der Waals surface area contributed by atoms with Crippen LogP contribution in [-0.4, -0.2) is 23.9 Å². The Morgan fingerprint density at radius 1 is 1.27 bits per heavy atom. The normalized spacial score (nSPS) is 12.8. The summed E-state index contributed by atoms with van der Waals surface area (Å²) in [6, 6.07) is 4.09. The molecule has 0 aliphatic rings. The van der Waals surface area contributed by atoms with Crippen molar-refractivity contribution in [2.45, 2.75) is 36.7 Å². The molecule has 22 heavy (non-hydrogen) atoms. The second-order valence-corrected chi connectivity index (χ2v) is 6.18. The summed E-state index contributed by atoms with van der Waals surface area (Å²) in [7, 11) is 0. The molecule has 4 nitrogen and oxygen atoms in total. The Kier molecular flexibility index (Phi) is 6.73. The molecule has 0 fully saturated rings. The summed E-state index contributed by atoms with van der Waals surface area (Å²) in [4.78, 5) is 22.6. The molecule has 0 bridgehead atoms. The van der Waals surface area contributed by atoms with Crippen molar-refractivity contribution in [1.29, 1.82) is 0 Å². The van der Waals surface area contributed by atoms with Gasteiger partial charge in [0.05, 0.1) is 6.04 Å². The fourth-order valence-corrected chi connectivity index (χ4v) is 2.27. The number of carbonyl (C=O) groups is 2. The number of alkyl halides is 3. The summed E-state index contributed by atoms with van der Waals surface area (Å²) in [5, 5.41) is 4.97. The van der Waals surface area contributed by atoms with Crippen LogP contribution in [0.3, 0.4) is 0 Å². The molecule has 2 amide bonds. The smallest absolute Gasteiger partial charge is 0.328 e. The zero-order valence-electron chi connectivity index (χ0n) is 12.1. The van der Waals surface area contributed by atoms with Gasteiger partial charge < -0.3 is 15.4 Å². The summed E-state index contributed by atoms with van der Waals surface area (Å²) in [5.41, 5.74) is -4.00. The number of amides is 2. The lowest BCUT2D eigenvalue weighted by atomic mass is 10.1. The Morgan fingerprint density at radius 3 is 2.32 bits per heavy atom. The standard InChI is InChI=1S/C14H17F3N2O2S/c1-9(2)7-11(8-20)19-13(21)18-10-3-5-12(6-4-10)22-14(15,16)17/h3-6,8-9,11H,7H2,1-2H3,(H2,18,19,21)/t11-/m0/s1. The van der Waals surface area contributed by atoms with Crippen molar-refractivity contribution in [2.75, 3.05) is 5.32 Å². The van der Waals surface area contributed by atoms with E-state index < -0.39 is 17.6 Å². The third kappa shape index (κ3) is 7.35. The van der Waals surface area contributed by atoms with Crippen LogP contribution in [-0.2, 0) is 4.79 Å². The number of urea groups is 1. The number of nitrogens with one attached hydrogen (secondary N) is 2. The minimum Gasteiger partial charge on any atom is -0.328 e. The SMILES string of the molecule is CC(C)C[C@@H](C=O)NC(=O)Nc1ccc(SC(F)(F)F)cc1. The number of thioether (sulfide) groups is 1. The Hall–Kier alpha value is -1.70. The molecule has 0 unspecified atom stereocenters. The zero-order valence-corrected chi connectivity index (χ0v) is 12.9. The molecule has 0 saturated heterocycles. The van der Waals surface area contributed by atoms with Gasteiger partial charge in [0, 0.05) is 10.6 Å². The lowest BCUT2D eigenvalue weighted by molar-refractivity contribution is -0.109. The van der Waals surface area contributed by atoms with Crippen LogP contribution in [0.2, 0.25) is 0 Å². The van der Waals surface area contributed by atoms with Crippen LogP contribution < -0.4 is 10.6 Å². The van der Waals surface area contributed by atoms with Gasteiger partial charge in [-0.25, -0.2) is 4.79 Å². The average Bonchev–Trinajstić information content (AvgIpc) is 2.38. The maximum Gasteiger partial charge on any atom is 0.446 e. The number of aldehydes is 1. The van der Waals surface area contributed by atoms with E-state index in [9.17, 15) is 22.8 Å². The quantitative estimate of drug-likeness (QED) is 0.610. The van der Waals surface area contributed by atoms with Crippen LogP contribution in [0.25, 0.3) is 0 Å². The molecule has 0 radical (unpaired) electrons. The molecule has 0 saturated carbocycles. The summed E-state index contributed by atoms with van der Waals surface area (Å²) < 4.78 is 36.6.